The van der Waals surface area contributed by atoms with Gasteiger partial charge in [0.2, 0.25) is 5.96 Å². The molecule has 5 nitrogen and oxygen atoms in total. The third kappa shape index (κ3) is 4.63. The highest BCUT2D eigenvalue weighted by molar-refractivity contribution is 6.32. The fourth-order valence-corrected chi connectivity index (χ4v) is 1.39. The second-order valence-corrected chi connectivity index (χ2v) is 4.20. The second-order valence-electron chi connectivity index (χ2n) is 3.80. The summed E-state index contributed by atoms with van der Waals surface area (Å²) in [6, 6.07) is 5.37. The molecule has 1 aromatic carbocycles. The van der Waals surface area contributed by atoms with Crippen molar-refractivity contribution in [3.05, 3.63) is 28.8 Å². The van der Waals surface area contributed by atoms with Gasteiger partial charge in [0.15, 0.2) is 0 Å². The maximum absolute atomic E-state index is 6.10. The van der Waals surface area contributed by atoms with Gasteiger partial charge in [0.25, 0.3) is 0 Å². The number of hydrogen-bond acceptors (Lipinski definition) is 3. The zero-order chi connectivity index (χ0) is 13.5. The smallest absolute Gasteiger partial charge is 0.211 e. The van der Waals surface area contributed by atoms with Crippen molar-refractivity contribution in [2.75, 3.05) is 0 Å². The first kappa shape index (κ1) is 14.3. The Kier molecular flexibility index (Phi) is 5.45. The van der Waals surface area contributed by atoms with E-state index in [1.165, 1.54) is 6.21 Å². The van der Waals surface area contributed by atoms with Gasteiger partial charge in [0.05, 0.1) is 17.3 Å². The van der Waals surface area contributed by atoms with Crippen LogP contribution in [-0.2, 0) is 0 Å². The molecule has 0 aromatic heterocycles. The van der Waals surface area contributed by atoms with E-state index in [2.05, 4.69) is 17.1 Å². The molecule has 18 heavy (non-hydrogen) atoms. The zero-order valence-electron chi connectivity index (χ0n) is 10.4. The Bertz CT molecular complexity index is 455. The van der Waals surface area contributed by atoms with Gasteiger partial charge in [-0.3, -0.25) is 0 Å². The van der Waals surface area contributed by atoms with E-state index in [-0.39, 0.29) is 12.1 Å². The summed E-state index contributed by atoms with van der Waals surface area (Å²) in [5.74, 6) is 0.569. The second kappa shape index (κ2) is 6.86. The number of benzene rings is 1. The molecular formula is C12H17ClN4O. The van der Waals surface area contributed by atoms with Gasteiger partial charge in [-0.1, -0.05) is 18.5 Å². The zero-order valence-corrected chi connectivity index (χ0v) is 11.2. The fourth-order valence-electron chi connectivity index (χ4n) is 1.16. The van der Waals surface area contributed by atoms with Gasteiger partial charge in [-0.15, -0.1) is 5.10 Å². The van der Waals surface area contributed by atoms with Crippen molar-refractivity contribution in [3.63, 3.8) is 0 Å². The Labute approximate surface area is 111 Å². The number of halogens is 1. The van der Waals surface area contributed by atoms with Crippen LogP contribution in [0, 0.1) is 0 Å². The predicted octanol–water partition coefficient (Wildman–Crippen LogP) is 2.12. The molecule has 0 amide bonds. The van der Waals surface area contributed by atoms with E-state index in [1.54, 1.807) is 12.1 Å². The fraction of sp³-hybridized carbons (Fsp3) is 0.333. The van der Waals surface area contributed by atoms with Crippen LogP contribution in [0.1, 0.15) is 25.8 Å². The SMILES string of the molecule is CCC(C)Oc1ccc(C=NN=C(N)N)cc1Cl. The summed E-state index contributed by atoms with van der Waals surface area (Å²) < 4.78 is 5.65. The average molecular weight is 269 g/mol. The molecular weight excluding hydrogens is 252 g/mol. The molecule has 1 unspecified atom stereocenters. The molecule has 98 valence electrons. The molecule has 0 radical (unpaired) electrons. The van der Waals surface area contributed by atoms with Gasteiger partial charge in [-0.05, 0) is 37.1 Å². The van der Waals surface area contributed by atoms with Crippen LogP contribution < -0.4 is 16.2 Å². The predicted molar refractivity (Wildman–Crippen MR) is 75.2 cm³/mol. The lowest BCUT2D eigenvalue weighted by atomic mass is 10.2. The van der Waals surface area contributed by atoms with Crippen molar-refractivity contribution in [2.24, 2.45) is 21.7 Å². The minimum absolute atomic E-state index is 0.0888. The molecule has 0 saturated heterocycles. The van der Waals surface area contributed by atoms with E-state index in [9.17, 15) is 0 Å². The van der Waals surface area contributed by atoms with Gasteiger partial charge in [0.1, 0.15) is 5.75 Å². The lowest BCUT2D eigenvalue weighted by molar-refractivity contribution is 0.217. The molecule has 0 aliphatic carbocycles. The molecule has 1 rings (SSSR count). The maximum Gasteiger partial charge on any atom is 0.211 e. The lowest BCUT2D eigenvalue weighted by Crippen LogP contribution is -2.21. The van der Waals surface area contributed by atoms with Gasteiger partial charge < -0.3 is 16.2 Å². The first-order valence-electron chi connectivity index (χ1n) is 5.61. The van der Waals surface area contributed by atoms with Crippen molar-refractivity contribution in [1.82, 2.24) is 0 Å². The molecule has 0 fully saturated rings. The number of nitrogens with two attached hydrogens (primary N) is 2. The van der Waals surface area contributed by atoms with E-state index in [0.29, 0.717) is 10.8 Å². The molecule has 1 atom stereocenters. The largest absolute Gasteiger partial charge is 0.489 e. The van der Waals surface area contributed by atoms with Crippen LogP contribution in [0.25, 0.3) is 0 Å². The van der Waals surface area contributed by atoms with Crippen LogP contribution in [0.5, 0.6) is 5.75 Å². The van der Waals surface area contributed by atoms with Crippen molar-refractivity contribution < 1.29 is 4.74 Å². The molecule has 6 heteroatoms. The summed E-state index contributed by atoms with van der Waals surface area (Å²) in [5, 5.41) is 7.73. The molecule has 1 aromatic rings. The molecule has 0 aliphatic heterocycles. The monoisotopic (exact) mass is 268 g/mol. The minimum Gasteiger partial charge on any atom is -0.489 e. The van der Waals surface area contributed by atoms with Crippen molar-refractivity contribution in [3.8, 4) is 5.75 Å². The standard InChI is InChI=1S/C12H17ClN4O/c1-3-8(2)18-11-5-4-9(6-10(11)13)7-16-17-12(14)15/h4-8H,3H2,1-2H3,(H4,14,15,17). The van der Waals surface area contributed by atoms with Crippen LogP contribution in [0.2, 0.25) is 5.02 Å². The summed E-state index contributed by atoms with van der Waals surface area (Å²) >= 11 is 6.10. The molecule has 0 aliphatic rings. The van der Waals surface area contributed by atoms with Crippen molar-refractivity contribution >= 4 is 23.8 Å². The summed E-state index contributed by atoms with van der Waals surface area (Å²) in [6.45, 7) is 4.04. The number of hydrogen-bond donors (Lipinski definition) is 2. The normalized spacial score (nSPS) is 12.4. The summed E-state index contributed by atoms with van der Waals surface area (Å²) in [6.07, 6.45) is 2.56. The molecule has 0 heterocycles. The van der Waals surface area contributed by atoms with Crippen molar-refractivity contribution in [1.29, 1.82) is 0 Å². The van der Waals surface area contributed by atoms with Crippen LogP contribution in [-0.4, -0.2) is 18.3 Å². The summed E-state index contributed by atoms with van der Waals surface area (Å²) in [4.78, 5) is 0. The highest BCUT2D eigenvalue weighted by Gasteiger charge is 2.05. The maximum atomic E-state index is 6.10. The van der Waals surface area contributed by atoms with Crippen LogP contribution in [0.3, 0.4) is 0 Å². The number of ether oxygens (including phenoxy) is 1. The Morgan fingerprint density at radius 2 is 2.22 bits per heavy atom. The van der Waals surface area contributed by atoms with Gasteiger partial charge in [-0.2, -0.15) is 5.10 Å². The summed E-state index contributed by atoms with van der Waals surface area (Å²) in [7, 11) is 0. The summed E-state index contributed by atoms with van der Waals surface area (Å²) in [5.41, 5.74) is 11.1. The number of rotatable bonds is 5. The topological polar surface area (TPSA) is 86.0 Å². The molecule has 0 saturated carbocycles. The quantitative estimate of drug-likeness (QED) is 0.487. The van der Waals surface area contributed by atoms with Crippen LogP contribution in [0.15, 0.2) is 28.4 Å². The first-order valence-corrected chi connectivity index (χ1v) is 5.99. The first-order chi connectivity index (χ1) is 8.52. The minimum atomic E-state index is -0.0888. The van der Waals surface area contributed by atoms with Crippen LogP contribution >= 0.6 is 11.6 Å². The van der Waals surface area contributed by atoms with Crippen LogP contribution in [0.4, 0.5) is 0 Å². The van der Waals surface area contributed by atoms with Crippen molar-refractivity contribution in [2.45, 2.75) is 26.4 Å². The Morgan fingerprint density at radius 3 is 2.78 bits per heavy atom. The molecule has 0 spiro atoms. The molecule has 4 N–H and O–H groups in total. The van der Waals surface area contributed by atoms with Gasteiger partial charge >= 0.3 is 0 Å². The van der Waals surface area contributed by atoms with E-state index in [0.717, 1.165) is 12.0 Å². The van der Waals surface area contributed by atoms with Gasteiger partial charge in [0, 0.05) is 0 Å². The number of guanidine groups is 1. The third-order valence-corrected chi connectivity index (χ3v) is 2.53. The van der Waals surface area contributed by atoms with Gasteiger partial charge in [-0.25, -0.2) is 0 Å². The number of nitrogens with zero attached hydrogens (tertiary/aromatic N) is 2. The molecule has 0 bridgehead atoms. The van der Waals surface area contributed by atoms with E-state index < -0.39 is 0 Å². The Morgan fingerprint density at radius 1 is 1.50 bits per heavy atom. The average Bonchev–Trinajstić information content (AvgIpc) is 2.32. The lowest BCUT2D eigenvalue weighted by Gasteiger charge is -2.13. The highest BCUT2D eigenvalue weighted by atomic mass is 35.5. The Balaban J connectivity index is 2.79. The van der Waals surface area contributed by atoms with E-state index in [4.69, 9.17) is 27.8 Å². The Hall–Kier alpha value is -1.75. The van der Waals surface area contributed by atoms with E-state index >= 15 is 0 Å². The van der Waals surface area contributed by atoms with E-state index in [1.807, 2.05) is 13.0 Å². The third-order valence-electron chi connectivity index (χ3n) is 2.24. The highest BCUT2D eigenvalue weighted by Crippen LogP contribution is 2.26.